The molecule has 0 radical (unpaired) electrons. The lowest BCUT2D eigenvalue weighted by atomic mass is 9.93. The third kappa shape index (κ3) is 1.66. The van der Waals surface area contributed by atoms with Crippen molar-refractivity contribution >= 4 is 39.9 Å². The highest BCUT2D eigenvalue weighted by Crippen LogP contribution is 2.45. The van der Waals surface area contributed by atoms with Crippen molar-refractivity contribution in [3.63, 3.8) is 0 Å². The van der Waals surface area contributed by atoms with Gasteiger partial charge in [0.1, 0.15) is 11.3 Å². The molecule has 2 aromatic rings. The van der Waals surface area contributed by atoms with Gasteiger partial charge in [-0.1, -0.05) is 11.6 Å². The van der Waals surface area contributed by atoms with Crippen LogP contribution in [0.3, 0.4) is 0 Å². The van der Waals surface area contributed by atoms with Crippen LogP contribution in [0.4, 0.5) is 10.2 Å². The van der Waals surface area contributed by atoms with E-state index in [0.29, 0.717) is 23.3 Å². The van der Waals surface area contributed by atoms with E-state index in [2.05, 4.69) is 24.8 Å². The largest absolute Gasteiger partial charge is 0.353 e. The molecule has 0 spiro atoms. The van der Waals surface area contributed by atoms with Crippen molar-refractivity contribution in [2.75, 3.05) is 24.5 Å². The van der Waals surface area contributed by atoms with E-state index in [1.165, 1.54) is 19.2 Å². The number of fused-ring (bicyclic) bond motifs is 1. The van der Waals surface area contributed by atoms with Crippen molar-refractivity contribution in [1.29, 1.82) is 0 Å². The van der Waals surface area contributed by atoms with Crippen LogP contribution in [0, 0.1) is 11.7 Å². The molecule has 0 amide bonds. The second-order valence-corrected chi connectivity index (χ2v) is 6.96. The van der Waals surface area contributed by atoms with Gasteiger partial charge in [0.15, 0.2) is 11.0 Å². The molecule has 5 nitrogen and oxygen atoms in total. The minimum atomic E-state index is -0.642. The van der Waals surface area contributed by atoms with E-state index in [4.69, 9.17) is 23.2 Å². The summed E-state index contributed by atoms with van der Waals surface area (Å²) in [6.45, 7) is 3.01. The number of hydrogen-bond acceptors (Lipinski definition) is 5. The Bertz CT molecular complexity index is 792. The highest BCUT2D eigenvalue weighted by atomic mass is 35.5. The highest BCUT2D eigenvalue weighted by Gasteiger charge is 2.54. The summed E-state index contributed by atoms with van der Waals surface area (Å²) < 4.78 is 14.2. The minimum Gasteiger partial charge on any atom is -0.353 e. The lowest BCUT2D eigenvalue weighted by molar-refractivity contribution is 0.0675. The lowest BCUT2D eigenvalue weighted by Crippen LogP contribution is -2.61. The zero-order valence-electron chi connectivity index (χ0n) is 11.5. The van der Waals surface area contributed by atoms with E-state index in [9.17, 15) is 4.39 Å². The van der Waals surface area contributed by atoms with Gasteiger partial charge >= 0.3 is 0 Å². The summed E-state index contributed by atoms with van der Waals surface area (Å²) >= 11 is 11.8. The fraction of sp³-hybridized carbons (Fsp3) is 0.500. The van der Waals surface area contributed by atoms with Crippen molar-refractivity contribution in [3.05, 3.63) is 22.5 Å². The first kappa shape index (κ1) is 13.2. The topological polar surface area (TPSA) is 45.2 Å². The van der Waals surface area contributed by atoms with Crippen molar-refractivity contribution in [1.82, 2.24) is 19.9 Å². The van der Waals surface area contributed by atoms with Gasteiger partial charge in [-0.3, -0.25) is 4.90 Å². The molecule has 2 unspecified atom stereocenters. The summed E-state index contributed by atoms with van der Waals surface area (Å²) in [7, 11) is 0. The summed E-state index contributed by atoms with van der Waals surface area (Å²) in [5, 5.41) is 0.405. The monoisotopic (exact) mass is 339 g/mol. The fourth-order valence-electron chi connectivity index (χ4n) is 4.19. The third-order valence-corrected chi connectivity index (χ3v) is 5.62. The van der Waals surface area contributed by atoms with Crippen LogP contribution in [0.2, 0.25) is 10.4 Å². The van der Waals surface area contributed by atoms with Gasteiger partial charge in [0, 0.05) is 37.9 Å². The van der Waals surface area contributed by atoms with Gasteiger partial charge in [0.2, 0.25) is 5.28 Å². The van der Waals surface area contributed by atoms with Crippen LogP contribution in [-0.4, -0.2) is 51.6 Å². The quantitative estimate of drug-likeness (QED) is 0.589. The summed E-state index contributed by atoms with van der Waals surface area (Å²) in [5.74, 6) is 0.814. The molecule has 22 heavy (non-hydrogen) atoms. The summed E-state index contributed by atoms with van der Waals surface area (Å²) in [5.41, 5.74) is 0.137. The predicted molar refractivity (Wildman–Crippen MR) is 81.9 cm³/mol. The Kier molecular flexibility index (Phi) is 2.64. The van der Waals surface area contributed by atoms with Crippen molar-refractivity contribution < 1.29 is 4.39 Å². The summed E-state index contributed by atoms with van der Waals surface area (Å²) in [6, 6.07) is 1.16. The first-order valence-electron chi connectivity index (χ1n) is 7.30. The van der Waals surface area contributed by atoms with Crippen molar-refractivity contribution in [2.24, 2.45) is 5.92 Å². The third-order valence-electron chi connectivity index (χ3n) is 5.19. The number of aromatic nitrogens is 3. The second-order valence-electron chi connectivity index (χ2n) is 6.26. The Morgan fingerprint density at radius 3 is 2.86 bits per heavy atom. The molecule has 0 aromatic carbocycles. The van der Waals surface area contributed by atoms with Gasteiger partial charge in [-0.2, -0.15) is 4.98 Å². The van der Waals surface area contributed by atoms with E-state index < -0.39 is 5.82 Å². The average molecular weight is 340 g/mol. The maximum absolute atomic E-state index is 14.2. The van der Waals surface area contributed by atoms with Crippen LogP contribution in [0.5, 0.6) is 0 Å². The molecule has 114 valence electrons. The summed E-state index contributed by atoms with van der Waals surface area (Å²) in [6.07, 6.45) is 2.78. The number of nitrogens with zero attached hydrogens (tertiary/aromatic N) is 5. The standard InChI is InChI=1S/C14H12Cl2FN5/c15-12-10(17)11-8(2-18-12)13(20-14(16)19-11)21-4-7-1-6-3-22(7)9(6)5-21/h2,6-7,9H,1,3-5H2/t6?,7-,9-/m0/s1. The molecule has 6 heterocycles. The zero-order valence-corrected chi connectivity index (χ0v) is 13.0. The Hall–Kier alpha value is -1.24. The molecule has 0 saturated carbocycles. The first-order valence-corrected chi connectivity index (χ1v) is 8.05. The maximum Gasteiger partial charge on any atom is 0.225 e. The molecule has 4 aliphatic rings. The van der Waals surface area contributed by atoms with Crippen molar-refractivity contribution in [2.45, 2.75) is 18.5 Å². The maximum atomic E-state index is 14.2. The lowest BCUT2D eigenvalue weighted by Gasteiger charge is -2.48. The van der Waals surface area contributed by atoms with Gasteiger partial charge < -0.3 is 4.90 Å². The number of hydrogen-bond donors (Lipinski definition) is 0. The fourth-order valence-corrected chi connectivity index (χ4v) is 4.49. The Morgan fingerprint density at radius 1 is 1.18 bits per heavy atom. The van der Waals surface area contributed by atoms with E-state index in [-0.39, 0.29) is 16.0 Å². The smallest absolute Gasteiger partial charge is 0.225 e. The van der Waals surface area contributed by atoms with Crippen LogP contribution in [0.15, 0.2) is 6.20 Å². The first-order chi connectivity index (χ1) is 10.6. The van der Waals surface area contributed by atoms with E-state index in [0.717, 1.165) is 19.0 Å². The number of pyridine rings is 1. The highest BCUT2D eigenvalue weighted by molar-refractivity contribution is 6.30. The van der Waals surface area contributed by atoms with E-state index >= 15 is 0 Å². The molecule has 4 bridgehead atoms. The average Bonchev–Trinajstić information content (AvgIpc) is 3.00. The zero-order chi connectivity index (χ0) is 15.0. The van der Waals surface area contributed by atoms with E-state index in [1.807, 2.05) is 0 Å². The second kappa shape index (κ2) is 4.40. The van der Waals surface area contributed by atoms with Crippen LogP contribution in [-0.2, 0) is 0 Å². The number of anilines is 1. The number of piperazine rings is 1. The normalized spacial score (nSPS) is 32.4. The molecule has 6 rings (SSSR count). The van der Waals surface area contributed by atoms with Crippen LogP contribution >= 0.6 is 23.2 Å². The molecular formula is C14H12Cl2FN5. The molecule has 4 aliphatic heterocycles. The minimum absolute atomic E-state index is 0.0343. The molecule has 4 atom stereocenters. The van der Waals surface area contributed by atoms with Gasteiger partial charge in [0.05, 0.1) is 5.39 Å². The molecule has 4 saturated heterocycles. The van der Waals surface area contributed by atoms with E-state index in [1.54, 1.807) is 0 Å². The number of rotatable bonds is 1. The van der Waals surface area contributed by atoms with Gasteiger partial charge in [-0.15, -0.1) is 0 Å². The molecule has 8 heteroatoms. The Morgan fingerprint density at radius 2 is 2.05 bits per heavy atom. The predicted octanol–water partition coefficient (Wildman–Crippen LogP) is 2.36. The molecule has 0 N–H and O–H groups in total. The Labute approximate surface area is 136 Å². The molecular weight excluding hydrogens is 328 g/mol. The summed E-state index contributed by atoms with van der Waals surface area (Å²) in [4.78, 5) is 17.0. The molecule has 4 fully saturated rings. The molecule has 0 aliphatic carbocycles. The number of halogens is 3. The van der Waals surface area contributed by atoms with Gasteiger partial charge in [-0.05, 0) is 23.9 Å². The van der Waals surface area contributed by atoms with Crippen LogP contribution in [0.25, 0.3) is 10.9 Å². The van der Waals surface area contributed by atoms with Gasteiger partial charge in [-0.25, -0.2) is 14.4 Å². The van der Waals surface area contributed by atoms with Gasteiger partial charge in [0.25, 0.3) is 0 Å². The SMILES string of the molecule is Fc1c(Cl)ncc2c(N3C[C@@H]4CC5CN4[C@H]5C3)nc(Cl)nc12. The van der Waals surface area contributed by atoms with Crippen LogP contribution in [0.1, 0.15) is 6.42 Å². The molecule has 2 aromatic heterocycles. The van der Waals surface area contributed by atoms with Crippen molar-refractivity contribution in [3.8, 4) is 0 Å². The Balaban J connectivity index is 1.64. The van der Waals surface area contributed by atoms with Crippen LogP contribution < -0.4 is 4.90 Å².